The van der Waals surface area contributed by atoms with Gasteiger partial charge in [0.2, 0.25) is 0 Å². The molecule has 3 N–H and O–H groups in total. The molecule has 0 unspecified atom stereocenters. The van der Waals surface area contributed by atoms with Crippen molar-refractivity contribution in [1.29, 1.82) is 0 Å². The first-order valence-corrected chi connectivity index (χ1v) is 16.2. The zero-order valence-electron chi connectivity index (χ0n) is 21.6. The fraction of sp³-hybridized carbons (Fsp3) is 0. The number of rotatable bonds is 7. The minimum Gasteiger partial charge on any atom is -0.288 e. The molecule has 4 aromatic rings. The Balaban J connectivity index is 1.73. The molecule has 15 nitrogen and oxygen atoms in total. The van der Waals surface area contributed by atoms with Gasteiger partial charge in [0, 0.05) is 11.1 Å². The Morgan fingerprint density at radius 2 is 0.932 bits per heavy atom. The number of fused-ring (bicyclic) bond motifs is 2. The van der Waals surface area contributed by atoms with Gasteiger partial charge in [0.1, 0.15) is 10.6 Å². The summed E-state index contributed by atoms with van der Waals surface area (Å²) in [4.78, 5) is 25.5. The van der Waals surface area contributed by atoms with E-state index in [1.165, 1.54) is 24.3 Å². The van der Waals surface area contributed by atoms with Gasteiger partial charge in [0.25, 0.3) is 30.4 Å². The van der Waals surface area contributed by atoms with Crippen molar-refractivity contribution in [3.63, 3.8) is 0 Å². The average Bonchev–Trinajstić information content (AvgIpc) is 2.96. The van der Waals surface area contributed by atoms with Crippen molar-refractivity contribution in [2.24, 2.45) is 20.5 Å². The predicted molar refractivity (Wildman–Crippen MR) is 150 cm³/mol. The molecule has 18 heteroatoms. The van der Waals surface area contributed by atoms with Crippen LogP contribution < -0.4 is 0 Å². The first-order valence-electron chi connectivity index (χ1n) is 11.9. The van der Waals surface area contributed by atoms with Crippen LogP contribution in [0.15, 0.2) is 114 Å². The predicted octanol–water partition coefficient (Wildman–Crippen LogP) is 5.03. The molecule has 0 amide bonds. The largest absolute Gasteiger partial charge is 0.296 e. The van der Waals surface area contributed by atoms with Crippen molar-refractivity contribution in [3.8, 4) is 0 Å². The molecule has 0 aromatic heterocycles. The summed E-state index contributed by atoms with van der Waals surface area (Å²) in [5.41, 5.74) is -2.36. The smallest absolute Gasteiger partial charge is 0.288 e. The standard InChI is InChI=1S/C26H16N4O11S3/c31-25-18-3-1-2-4-19(18)26(32)23-22(25)20(29-27-14-5-9-16(10-6-14)42(33,34)35)13-21(44(39,40)41)24(23)30-28-15-7-11-17(12-8-15)43(36,37)38/h1-13H,(H,33,34,35)(H,36,37,38)(H,39,40,41)/b29-27+,30-28+. The summed E-state index contributed by atoms with van der Waals surface area (Å²) in [5.74, 6) is -1.62. The zero-order valence-corrected chi connectivity index (χ0v) is 24.1. The van der Waals surface area contributed by atoms with E-state index in [4.69, 9.17) is 4.55 Å². The Hall–Kier alpha value is -4.85. The van der Waals surface area contributed by atoms with Crippen LogP contribution in [-0.4, -0.2) is 50.5 Å². The average molecular weight is 657 g/mol. The highest BCUT2D eigenvalue weighted by Gasteiger charge is 2.37. The fourth-order valence-corrected chi connectivity index (χ4v) is 5.81. The quantitative estimate of drug-likeness (QED) is 0.155. The third-order valence-electron chi connectivity index (χ3n) is 6.20. The fourth-order valence-electron chi connectivity index (χ4n) is 4.20. The van der Waals surface area contributed by atoms with Crippen LogP contribution in [0.1, 0.15) is 31.8 Å². The van der Waals surface area contributed by atoms with Crippen LogP contribution in [0.4, 0.5) is 22.7 Å². The lowest BCUT2D eigenvalue weighted by Gasteiger charge is -2.21. The highest BCUT2D eigenvalue weighted by Crippen LogP contribution is 2.44. The van der Waals surface area contributed by atoms with E-state index in [0.29, 0.717) is 0 Å². The summed E-state index contributed by atoms with van der Waals surface area (Å²) in [7, 11) is -14.2. The second kappa shape index (κ2) is 11.0. The number of nitrogens with zero attached hydrogens (tertiary/aromatic N) is 4. The van der Waals surface area contributed by atoms with E-state index in [1.807, 2.05) is 0 Å². The number of ketones is 2. The van der Waals surface area contributed by atoms with E-state index in [-0.39, 0.29) is 22.5 Å². The summed E-state index contributed by atoms with van der Waals surface area (Å²) < 4.78 is 98.7. The van der Waals surface area contributed by atoms with Crippen molar-refractivity contribution in [3.05, 3.63) is 101 Å². The highest BCUT2D eigenvalue weighted by atomic mass is 32.2. The first-order chi connectivity index (χ1) is 20.6. The molecule has 0 fully saturated rings. The Kier molecular flexibility index (Phi) is 7.66. The molecule has 0 aliphatic heterocycles. The Bertz CT molecular complexity index is 2260. The Labute approximate surface area is 248 Å². The summed E-state index contributed by atoms with van der Waals surface area (Å²) in [6.07, 6.45) is 0. The molecule has 1 aliphatic rings. The minimum atomic E-state index is -5.17. The van der Waals surface area contributed by atoms with Crippen LogP contribution in [-0.2, 0) is 30.4 Å². The normalized spacial score (nSPS) is 13.8. The molecule has 0 bridgehead atoms. The molecule has 224 valence electrons. The van der Waals surface area contributed by atoms with Crippen LogP contribution in [0.2, 0.25) is 0 Å². The molecule has 0 radical (unpaired) electrons. The van der Waals surface area contributed by atoms with Gasteiger partial charge in [-0.3, -0.25) is 23.2 Å². The molecule has 44 heavy (non-hydrogen) atoms. The second-order valence-corrected chi connectivity index (χ2v) is 13.2. The number of hydrogen-bond donors (Lipinski definition) is 3. The zero-order chi connectivity index (χ0) is 32.0. The van der Waals surface area contributed by atoms with E-state index in [1.54, 1.807) is 0 Å². The monoisotopic (exact) mass is 656 g/mol. The molecule has 0 spiro atoms. The highest BCUT2D eigenvalue weighted by molar-refractivity contribution is 7.86. The summed E-state index contributed by atoms with van der Waals surface area (Å²) in [5, 5.41) is 15.5. The number of carbonyl (C=O) groups is 2. The van der Waals surface area contributed by atoms with Gasteiger partial charge in [0.05, 0.1) is 38.0 Å². The number of benzene rings is 4. The summed E-state index contributed by atoms with van der Waals surface area (Å²) in [6.45, 7) is 0. The van der Waals surface area contributed by atoms with Gasteiger partial charge >= 0.3 is 0 Å². The molecular weight excluding hydrogens is 641 g/mol. The third kappa shape index (κ3) is 5.97. The van der Waals surface area contributed by atoms with Crippen molar-refractivity contribution < 1.29 is 48.5 Å². The minimum absolute atomic E-state index is 0.00615. The summed E-state index contributed by atoms with van der Waals surface area (Å²) in [6, 6.07) is 14.9. The van der Waals surface area contributed by atoms with Gasteiger partial charge in [-0.25, -0.2) is 0 Å². The third-order valence-corrected chi connectivity index (χ3v) is 8.80. The topological polar surface area (TPSA) is 247 Å². The number of azo groups is 2. The van der Waals surface area contributed by atoms with E-state index < -0.39 is 79.1 Å². The van der Waals surface area contributed by atoms with E-state index in [2.05, 4.69) is 20.5 Å². The van der Waals surface area contributed by atoms with Crippen molar-refractivity contribution >= 4 is 64.7 Å². The van der Waals surface area contributed by atoms with Crippen molar-refractivity contribution in [2.75, 3.05) is 0 Å². The maximum absolute atomic E-state index is 13.7. The van der Waals surface area contributed by atoms with Gasteiger partial charge in [-0.05, 0) is 54.6 Å². The molecule has 0 saturated heterocycles. The summed E-state index contributed by atoms with van der Waals surface area (Å²) >= 11 is 0. The van der Waals surface area contributed by atoms with Crippen LogP contribution in [0.3, 0.4) is 0 Å². The van der Waals surface area contributed by atoms with Gasteiger partial charge < -0.3 is 0 Å². The molecule has 0 saturated carbocycles. The SMILES string of the molecule is O=C1c2ccccc2C(=O)c2c(/N=N/c3ccc(S(=O)(=O)O)cc3)c(S(=O)(=O)O)cc(/N=N/c3ccc(S(=O)(=O)O)cc3)c21. The van der Waals surface area contributed by atoms with Crippen molar-refractivity contribution in [1.82, 2.24) is 0 Å². The molecule has 1 aliphatic carbocycles. The van der Waals surface area contributed by atoms with Crippen molar-refractivity contribution in [2.45, 2.75) is 14.7 Å². The van der Waals surface area contributed by atoms with Crippen LogP contribution in [0.5, 0.6) is 0 Å². The Morgan fingerprint density at radius 3 is 1.36 bits per heavy atom. The molecular formula is C26H16N4O11S3. The lowest BCUT2D eigenvalue weighted by atomic mass is 9.82. The maximum atomic E-state index is 13.7. The molecule has 4 aromatic carbocycles. The van der Waals surface area contributed by atoms with Gasteiger partial charge in [-0.15, -0.1) is 10.2 Å². The lowest BCUT2D eigenvalue weighted by Crippen LogP contribution is -2.22. The van der Waals surface area contributed by atoms with Crippen LogP contribution in [0.25, 0.3) is 0 Å². The number of carbonyl (C=O) groups excluding carboxylic acids is 2. The second-order valence-electron chi connectivity index (χ2n) is 9.01. The molecule has 5 rings (SSSR count). The first kappa shape index (κ1) is 30.6. The van der Waals surface area contributed by atoms with Gasteiger partial charge in [-0.2, -0.15) is 35.5 Å². The Morgan fingerprint density at radius 1 is 0.500 bits per heavy atom. The van der Waals surface area contributed by atoms with Crippen LogP contribution in [0, 0.1) is 0 Å². The van der Waals surface area contributed by atoms with E-state index >= 15 is 0 Å². The maximum Gasteiger partial charge on any atom is 0.296 e. The number of hydrogen-bond acceptors (Lipinski definition) is 12. The van der Waals surface area contributed by atoms with E-state index in [9.17, 15) is 43.9 Å². The molecule has 0 atom stereocenters. The van der Waals surface area contributed by atoms with Gasteiger partial charge in [0.15, 0.2) is 11.6 Å². The van der Waals surface area contributed by atoms with Crippen LogP contribution >= 0.6 is 0 Å². The van der Waals surface area contributed by atoms with E-state index in [0.717, 1.165) is 54.6 Å². The lowest BCUT2D eigenvalue weighted by molar-refractivity contribution is 0.0979. The molecule has 0 heterocycles. The van der Waals surface area contributed by atoms with Gasteiger partial charge in [-0.1, -0.05) is 24.3 Å².